The van der Waals surface area contributed by atoms with Crippen molar-refractivity contribution in [1.82, 2.24) is 0 Å². The van der Waals surface area contributed by atoms with E-state index in [0.29, 0.717) is 5.56 Å². The van der Waals surface area contributed by atoms with Crippen molar-refractivity contribution in [1.29, 1.82) is 0 Å². The van der Waals surface area contributed by atoms with Gasteiger partial charge in [0.15, 0.2) is 11.5 Å². The quantitative estimate of drug-likeness (QED) is 0.656. The zero-order chi connectivity index (χ0) is 13.8. The van der Waals surface area contributed by atoms with Crippen LogP contribution in [0.25, 0.3) is 0 Å². The van der Waals surface area contributed by atoms with E-state index in [-0.39, 0.29) is 17.9 Å². The number of carbonyl (C=O) groups is 1. The Labute approximate surface area is 110 Å². The molecule has 2 aromatic carbocycles. The van der Waals surface area contributed by atoms with Crippen molar-refractivity contribution < 1.29 is 19.7 Å². The number of phenols is 2. The van der Waals surface area contributed by atoms with E-state index in [1.165, 1.54) is 12.1 Å². The smallest absolute Gasteiger partial charge is 0.342 e. The second kappa shape index (κ2) is 5.44. The van der Waals surface area contributed by atoms with Crippen LogP contribution in [0, 0.1) is 6.92 Å². The largest absolute Gasteiger partial charge is 0.504 e. The second-order valence-electron chi connectivity index (χ2n) is 4.24. The summed E-state index contributed by atoms with van der Waals surface area (Å²) in [5.41, 5.74) is 1.49. The molecule has 0 radical (unpaired) electrons. The van der Waals surface area contributed by atoms with Crippen LogP contribution >= 0.6 is 0 Å². The van der Waals surface area contributed by atoms with Crippen LogP contribution in [0.1, 0.15) is 21.5 Å². The molecule has 0 unspecified atom stereocenters. The average molecular weight is 258 g/mol. The maximum absolute atomic E-state index is 11.8. The van der Waals surface area contributed by atoms with E-state index in [0.717, 1.165) is 5.56 Å². The minimum absolute atomic E-state index is 0.0339. The molecule has 0 aromatic heterocycles. The molecule has 0 aliphatic carbocycles. The fourth-order valence-corrected chi connectivity index (χ4v) is 1.72. The standard InChI is InChI=1S/C15H14O4/c1-10-7-12(14(17)13(16)8-10)15(18)19-9-11-5-3-2-4-6-11/h2-8,16-17H,9H2,1H3. The Hall–Kier alpha value is -2.49. The van der Waals surface area contributed by atoms with Crippen molar-refractivity contribution in [2.45, 2.75) is 13.5 Å². The zero-order valence-corrected chi connectivity index (χ0v) is 10.5. The van der Waals surface area contributed by atoms with Crippen LogP contribution < -0.4 is 0 Å². The Morgan fingerprint density at radius 1 is 1.16 bits per heavy atom. The summed E-state index contributed by atoms with van der Waals surface area (Å²) >= 11 is 0. The van der Waals surface area contributed by atoms with Gasteiger partial charge in [-0.05, 0) is 30.2 Å². The zero-order valence-electron chi connectivity index (χ0n) is 10.5. The normalized spacial score (nSPS) is 10.2. The number of ether oxygens (including phenoxy) is 1. The van der Waals surface area contributed by atoms with Gasteiger partial charge in [0.05, 0.1) is 0 Å². The predicted octanol–water partition coefficient (Wildman–Crippen LogP) is 2.76. The highest BCUT2D eigenvalue weighted by atomic mass is 16.5. The Bertz CT molecular complexity index is 591. The summed E-state index contributed by atoms with van der Waals surface area (Å²) in [5, 5.41) is 19.1. The number of esters is 1. The third-order valence-electron chi connectivity index (χ3n) is 2.67. The molecule has 0 aliphatic rings. The van der Waals surface area contributed by atoms with Crippen LogP contribution in [0.4, 0.5) is 0 Å². The molecular formula is C15H14O4. The lowest BCUT2D eigenvalue weighted by molar-refractivity contribution is 0.0468. The molecule has 0 bridgehead atoms. The van der Waals surface area contributed by atoms with Gasteiger partial charge in [-0.15, -0.1) is 0 Å². The van der Waals surface area contributed by atoms with Gasteiger partial charge in [0.2, 0.25) is 0 Å². The number of hydrogen-bond acceptors (Lipinski definition) is 4. The van der Waals surface area contributed by atoms with Gasteiger partial charge in [0.25, 0.3) is 0 Å². The molecule has 0 spiro atoms. The summed E-state index contributed by atoms with van der Waals surface area (Å²) < 4.78 is 5.09. The maximum Gasteiger partial charge on any atom is 0.342 e. The third kappa shape index (κ3) is 3.04. The molecule has 19 heavy (non-hydrogen) atoms. The molecule has 4 heteroatoms. The number of rotatable bonds is 3. The summed E-state index contributed by atoms with van der Waals surface area (Å²) in [4.78, 5) is 11.8. The van der Waals surface area contributed by atoms with Crippen molar-refractivity contribution >= 4 is 5.97 Å². The highest BCUT2D eigenvalue weighted by molar-refractivity contribution is 5.93. The van der Waals surface area contributed by atoms with E-state index in [2.05, 4.69) is 0 Å². The first-order valence-electron chi connectivity index (χ1n) is 5.81. The fourth-order valence-electron chi connectivity index (χ4n) is 1.72. The van der Waals surface area contributed by atoms with Gasteiger partial charge in [0, 0.05) is 0 Å². The summed E-state index contributed by atoms with van der Waals surface area (Å²) in [6, 6.07) is 12.1. The van der Waals surface area contributed by atoms with Crippen molar-refractivity contribution in [3.8, 4) is 11.5 Å². The van der Waals surface area contributed by atoms with Crippen LogP contribution in [0.5, 0.6) is 11.5 Å². The first-order valence-corrected chi connectivity index (χ1v) is 5.81. The van der Waals surface area contributed by atoms with Gasteiger partial charge in [-0.3, -0.25) is 0 Å². The van der Waals surface area contributed by atoms with Crippen LogP contribution in [0.3, 0.4) is 0 Å². The van der Waals surface area contributed by atoms with E-state index in [4.69, 9.17) is 4.74 Å². The summed E-state index contributed by atoms with van der Waals surface area (Å²) in [7, 11) is 0. The number of benzene rings is 2. The minimum atomic E-state index is -0.666. The van der Waals surface area contributed by atoms with E-state index >= 15 is 0 Å². The Morgan fingerprint density at radius 3 is 2.53 bits per heavy atom. The number of phenolic OH excluding ortho intramolecular Hbond substituents is 2. The summed E-state index contributed by atoms with van der Waals surface area (Å²) in [6.45, 7) is 1.83. The van der Waals surface area contributed by atoms with Crippen molar-refractivity contribution in [2.24, 2.45) is 0 Å². The molecule has 0 atom stereocenters. The number of aromatic hydroxyl groups is 2. The number of hydrogen-bond donors (Lipinski definition) is 2. The Kier molecular flexibility index (Phi) is 3.71. The first-order chi connectivity index (χ1) is 9.08. The van der Waals surface area contributed by atoms with E-state index < -0.39 is 11.7 Å². The molecule has 98 valence electrons. The van der Waals surface area contributed by atoms with Crippen molar-refractivity contribution in [3.63, 3.8) is 0 Å². The van der Waals surface area contributed by atoms with Crippen LogP contribution in [0.15, 0.2) is 42.5 Å². The highest BCUT2D eigenvalue weighted by Gasteiger charge is 2.16. The molecular weight excluding hydrogens is 244 g/mol. The highest BCUT2D eigenvalue weighted by Crippen LogP contribution is 2.30. The average Bonchev–Trinajstić information content (AvgIpc) is 2.41. The third-order valence-corrected chi connectivity index (χ3v) is 2.67. The number of aryl methyl sites for hydroxylation is 1. The Balaban J connectivity index is 2.13. The van der Waals surface area contributed by atoms with Crippen LogP contribution in [-0.2, 0) is 11.3 Å². The second-order valence-corrected chi connectivity index (χ2v) is 4.24. The lowest BCUT2D eigenvalue weighted by Gasteiger charge is -2.08. The minimum Gasteiger partial charge on any atom is -0.504 e. The molecule has 2 N–H and O–H groups in total. The topological polar surface area (TPSA) is 66.8 Å². The van der Waals surface area contributed by atoms with E-state index in [9.17, 15) is 15.0 Å². The molecule has 0 aliphatic heterocycles. The van der Waals surface area contributed by atoms with E-state index in [1.54, 1.807) is 6.92 Å². The maximum atomic E-state index is 11.8. The van der Waals surface area contributed by atoms with Crippen molar-refractivity contribution in [2.75, 3.05) is 0 Å². The van der Waals surface area contributed by atoms with Gasteiger partial charge in [-0.25, -0.2) is 4.79 Å². The lowest BCUT2D eigenvalue weighted by Crippen LogP contribution is -2.06. The molecule has 0 saturated heterocycles. The van der Waals surface area contributed by atoms with Gasteiger partial charge < -0.3 is 14.9 Å². The predicted molar refractivity (Wildman–Crippen MR) is 70.1 cm³/mol. The van der Waals surface area contributed by atoms with Gasteiger partial charge >= 0.3 is 5.97 Å². The summed E-state index contributed by atoms with van der Waals surface area (Å²) in [6.07, 6.45) is 0. The molecule has 0 fully saturated rings. The van der Waals surface area contributed by atoms with Gasteiger partial charge in [0.1, 0.15) is 12.2 Å². The first kappa shape index (κ1) is 13.0. The van der Waals surface area contributed by atoms with Gasteiger partial charge in [-0.2, -0.15) is 0 Å². The summed E-state index contributed by atoms with van der Waals surface area (Å²) in [5.74, 6) is -1.45. The molecule has 0 heterocycles. The SMILES string of the molecule is Cc1cc(O)c(O)c(C(=O)OCc2ccccc2)c1. The van der Waals surface area contributed by atoms with E-state index in [1.807, 2.05) is 30.3 Å². The molecule has 2 aromatic rings. The molecule has 4 nitrogen and oxygen atoms in total. The van der Waals surface area contributed by atoms with Gasteiger partial charge in [-0.1, -0.05) is 30.3 Å². The number of carbonyl (C=O) groups excluding carboxylic acids is 1. The lowest BCUT2D eigenvalue weighted by atomic mass is 10.1. The molecule has 2 rings (SSSR count). The molecule has 0 saturated carbocycles. The fraction of sp³-hybridized carbons (Fsp3) is 0.133. The monoisotopic (exact) mass is 258 g/mol. The Morgan fingerprint density at radius 2 is 1.84 bits per heavy atom. The van der Waals surface area contributed by atoms with Crippen molar-refractivity contribution in [3.05, 3.63) is 59.2 Å². The van der Waals surface area contributed by atoms with Crippen LogP contribution in [-0.4, -0.2) is 16.2 Å². The van der Waals surface area contributed by atoms with Crippen LogP contribution in [0.2, 0.25) is 0 Å². The molecule has 0 amide bonds.